The summed E-state index contributed by atoms with van der Waals surface area (Å²) in [6.07, 6.45) is 2.36. The number of carboxylic acid groups (broad SMARTS) is 1. The number of aliphatic carboxylic acids is 1. The number of hydrogen-bond acceptors (Lipinski definition) is 1. The minimum atomic E-state index is -0.693. The van der Waals surface area contributed by atoms with E-state index in [4.69, 9.17) is 5.11 Å². The smallest absolute Gasteiger partial charge is 0.303 e. The van der Waals surface area contributed by atoms with E-state index in [1.165, 1.54) is 0 Å². The highest BCUT2D eigenvalue weighted by atomic mass is 79.9. The van der Waals surface area contributed by atoms with Crippen LogP contribution in [-0.4, -0.2) is 16.4 Å². The molecule has 0 radical (unpaired) electrons. The second-order valence-corrected chi connectivity index (χ2v) is 3.33. The van der Waals surface area contributed by atoms with Crippen molar-refractivity contribution in [1.82, 2.24) is 0 Å². The van der Waals surface area contributed by atoms with Gasteiger partial charge in [-0.2, -0.15) is 0 Å². The Morgan fingerprint density at radius 3 is 2.70 bits per heavy atom. The fourth-order valence-electron chi connectivity index (χ4n) is 0.826. The predicted molar refractivity (Wildman–Crippen MR) is 44.4 cm³/mol. The molecule has 3 heteroatoms. The molecular formula is C7H13BrO2. The van der Waals surface area contributed by atoms with Crippen molar-refractivity contribution >= 4 is 21.9 Å². The van der Waals surface area contributed by atoms with Gasteiger partial charge in [0.25, 0.3) is 0 Å². The van der Waals surface area contributed by atoms with Gasteiger partial charge in [0, 0.05) is 11.8 Å². The van der Waals surface area contributed by atoms with Gasteiger partial charge in [0.05, 0.1) is 0 Å². The Morgan fingerprint density at radius 2 is 2.30 bits per heavy atom. The number of carboxylic acids is 1. The minimum Gasteiger partial charge on any atom is -0.481 e. The van der Waals surface area contributed by atoms with Crippen LogP contribution in [0.1, 0.15) is 26.2 Å². The van der Waals surface area contributed by atoms with Crippen LogP contribution < -0.4 is 0 Å². The Hall–Kier alpha value is -0.0500. The van der Waals surface area contributed by atoms with Gasteiger partial charge in [-0.3, -0.25) is 4.79 Å². The van der Waals surface area contributed by atoms with Crippen LogP contribution in [-0.2, 0) is 4.79 Å². The van der Waals surface area contributed by atoms with Crippen LogP contribution in [0.15, 0.2) is 0 Å². The maximum absolute atomic E-state index is 10.2. The first-order chi connectivity index (χ1) is 4.66. The van der Waals surface area contributed by atoms with Gasteiger partial charge < -0.3 is 5.11 Å². The highest BCUT2D eigenvalue weighted by molar-refractivity contribution is 9.09. The van der Waals surface area contributed by atoms with E-state index in [9.17, 15) is 4.79 Å². The van der Waals surface area contributed by atoms with Gasteiger partial charge in [-0.25, -0.2) is 0 Å². The van der Waals surface area contributed by atoms with E-state index in [0.717, 1.165) is 18.2 Å². The summed E-state index contributed by atoms with van der Waals surface area (Å²) < 4.78 is 0. The third-order valence-electron chi connectivity index (χ3n) is 1.35. The van der Waals surface area contributed by atoms with Crippen molar-refractivity contribution in [2.24, 2.45) is 5.92 Å². The van der Waals surface area contributed by atoms with E-state index in [0.29, 0.717) is 12.3 Å². The average molecular weight is 209 g/mol. The fourth-order valence-corrected chi connectivity index (χ4v) is 1.15. The Morgan fingerprint density at radius 1 is 1.70 bits per heavy atom. The topological polar surface area (TPSA) is 37.3 Å². The zero-order valence-corrected chi connectivity index (χ0v) is 7.73. The largest absolute Gasteiger partial charge is 0.481 e. The molecule has 1 N–H and O–H groups in total. The molecule has 0 saturated carbocycles. The molecule has 0 unspecified atom stereocenters. The number of halogens is 1. The Bertz CT molecular complexity index is 104. The Balaban J connectivity index is 3.25. The van der Waals surface area contributed by atoms with Crippen molar-refractivity contribution in [3.05, 3.63) is 0 Å². The molecule has 0 aromatic carbocycles. The molecule has 0 aliphatic rings. The van der Waals surface area contributed by atoms with Crippen molar-refractivity contribution in [2.45, 2.75) is 26.2 Å². The van der Waals surface area contributed by atoms with Crippen LogP contribution in [0.3, 0.4) is 0 Å². The minimum absolute atomic E-state index is 0.299. The summed E-state index contributed by atoms with van der Waals surface area (Å²) in [6.45, 7) is 1.97. The molecule has 0 amide bonds. The summed E-state index contributed by atoms with van der Waals surface area (Å²) in [5.74, 6) is -0.378. The van der Waals surface area contributed by atoms with E-state index in [1.54, 1.807) is 0 Å². The first-order valence-corrected chi connectivity index (χ1v) is 4.56. The molecule has 0 spiro atoms. The number of alkyl halides is 1. The van der Waals surface area contributed by atoms with E-state index in [-0.39, 0.29) is 0 Å². The van der Waals surface area contributed by atoms with Gasteiger partial charge in [0.1, 0.15) is 0 Å². The second kappa shape index (κ2) is 5.71. The molecule has 0 aliphatic heterocycles. The van der Waals surface area contributed by atoms with Crippen LogP contribution in [0.4, 0.5) is 0 Å². The third-order valence-corrected chi connectivity index (χ3v) is 1.91. The first kappa shape index (κ1) is 9.95. The molecule has 0 fully saturated rings. The molecule has 0 aromatic heterocycles. The molecule has 0 saturated heterocycles. The number of carbonyl (C=O) groups is 1. The number of rotatable bonds is 5. The second-order valence-electron chi connectivity index (χ2n) is 2.53. The maximum atomic E-state index is 10.2. The van der Waals surface area contributed by atoms with Gasteiger partial charge in [0.2, 0.25) is 0 Å². The van der Waals surface area contributed by atoms with Gasteiger partial charge in [-0.1, -0.05) is 22.9 Å². The summed E-state index contributed by atoms with van der Waals surface area (Å²) in [5.41, 5.74) is 0. The van der Waals surface area contributed by atoms with Gasteiger partial charge in [-0.05, 0) is 18.8 Å². The standard InChI is InChI=1S/C7H13BrO2/c1-6(3-2-4-8)5-7(9)10/h6H,2-5H2,1H3,(H,9,10)/t6-/m1/s1. The molecule has 60 valence electrons. The first-order valence-electron chi connectivity index (χ1n) is 3.44. The van der Waals surface area contributed by atoms with E-state index in [2.05, 4.69) is 15.9 Å². The molecule has 0 heterocycles. The summed E-state index contributed by atoms with van der Waals surface area (Å²) in [7, 11) is 0. The molecule has 1 atom stereocenters. The normalized spacial score (nSPS) is 13.0. The lowest BCUT2D eigenvalue weighted by molar-refractivity contribution is -0.138. The van der Waals surface area contributed by atoms with Crippen molar-refractivity contribution in [1.29, 1.82) is 0 Å². The molecule has 2 nitrogen and oxygen atoms in total. The van der Waals surface area contributed by atoms with Crippen molar-refractivity contribution < 1.29 is 9.90 Å². The Kier molecular flexibility index (Phi) is 5.69. The van der Waals surface area contributed by atoms with Gasteiger partial charge in [0.15, 0.2) is 0 Å². The lowest BCUT2D eigenvalue weighted by atomic mass is 10.0. The Labute approximate surface area is 69.8 Å². The zero-order valence-electron chi connectivity index (χ0n) is 6.14. The quantitative estimate of drug-likeness (QED) is 0.705. The fraction of sp³-hybridized carbons (Fsp3) is 0.857. The van der Waals surface area contributed by atoms with Crippen LogP contribution in [0.5, 0.6) is 0 Å². The summed E-state index contributed by atoms with van der Waals surface area (Å²) in [4.78, 5) is 10.2. The highest BCUT2D eigenvalue weighted by Crippen LogP contribution is 2.10. The van der Waals surface area contributed by atoms with Crippen LogP contribution in [0.2, 0.25) is 0 Å². The molecule has 10 heavy (non-hydrogen) atoms. The van der Waals surface area contributed by atoms with E-state index < -0.39 is 5.97 Å². The SMILES string of the molecule is C[C@H](CCCBr)CC(=O)O. The van der Waals surface area contributed by atoms with Gasteiger partial charge in [-0.15, -0.1) is 0 Å². The van der Waals surface area contributed by atoms with Crippen molar-refractivity contribution in [2.75, 3.05) is 5.33 Å². The highest BCUT2D eigenvalue weighted by Gasteiger charge is 2.05. The summed E-state index contributed by atoms with van der Waals surface area (Å²) in [6, 6.07) is 0. The average Bonchev–Trinajstić information content (AvgIpc) is 1.82. The molecule has 0 bridgehead atoms. The number of hydrogen-bond donors (Lipinski definition) is 1. The van der Waals surface area contributed by atoms with E-state index in [1.807, 2.05) is 6.92 Å². The summed E-state index contributed by atoms with van der Waals surface area (Å²) >= 11 is 3.30. The van der Waals surface area contributed by atoms with Crippen LogP contribution in [0.25, 0.3) is 0 Å². The monoisotopic (exact) mass is 208 g/mol. The molecule has 0 rings (SSSR count). The lowest BCUT2D eigenvalue weighted by Crippen LogP contribution is -2.03. The van der Waals surface area contributed by atoms with Gasteiger partial charge >= 0.3 is 5.97 Å². The lowest BCUT2D eigenvalue weighted by Gasteiger charge is -2.05. The molecular weight excluding hydrogens is 196 g/mol. The van der Waals surface area contributed by atoms with Crippen LogP contribution in [0, 0.1) is 5.92 Å². The van der Waals surface area contributed by atoms with Crippen molar-refractivity contribution in [3.63, 3.8) is 0 Å². The zero-order chi connectivity index (χ0) is 7.98. The van der Waals surface area contributed by atoms with Crippen LogP contribution >= 0.6 is 15.9 Å². The predicted octanol–water partition coefficient (Wildman–Crippen LogP) is 2.27. The van der Waals surface area contributed by atoms with Crippen molar-refractivity contribution in [3.8, 4) is 0 Å². The molecule has 0 aromatic rings. The third kappa shape index (κ3) is 6.08. The maximum Gasteiger partial charge on any atom is 0.303 e. The molecule has 0 aliphatic carbocycles. The summed E-state index contributed by atoms with van der Waals surface area (Å²) in [5, 5.41) is 9.34. The van der Waals surface area contributed by atoms with E-state index >= 15 is 0 Å².